The van der Waals surface area contributed by atoms with Gasteiger partial charge in [-0.2, -0.15) is 9.97 Å². The summed E-state index contributed by atoms with van der Waals surface area (Å²) in [5, 5.41) is 20.7. The summed E-state index contributed by atoms with van der Waals surface area (Å²) in [6.07, 6.45) is -7.57. The summed E-state index contributed by atoms with van der Waals surface area (Å²) < 4.78 is 47.9. The summed E-state index contributed by atoms with van der Waals surface area (Å²) in [5.74, 6) is -0.463. The summed E-state index contributed by atoms with van der Waals surface area (Å²) in [4.78, 5) is 52.6. The molecule has 0 amide bonds. The van der Waals surface area contributed by atoms with Crippen LogP contribution in [0, 0.1) is 0 Å². The molecular formula is C20H28N9O12P. The van der Waals surface area contributed by atoms with E-state index in [1.165, 1.54) is 25.1 Å². The van der Waals surface area contributed by atoms with Crippen molar-refractivity contribution < 1.29 is 47.7 Å². The zero-order valence-corrected chi connectivity index (χ0v) is 22.9. The van der Waals surface area contributed by atoms with Gasteiger partial charge in [-0.1, -0.05) is 0 Å². The second-order valence-electron chi connectivity index (χ2n) is 9.22. The predicted molar refractivity (Wildman–Crippen MR) is 136 cm³/mol. The molecule has 8 N–H and O–H groups in total. The normalized spacial score (nSPS) is 31.1. The second-order valence-corrected chi connectivity index (χ2v) is 10.6. The van der Waals surface area contributed by atoms with Gasteiger partial charge in [0.1, 0.15) is 43.0 Å². The van der Waals surface area contributed by atoms with Crippen molar-refractivity contribution in [2.75, 3.05) is 38.9 Å². The van der Waals surface area contributed by atoms with Gasteiger partial charge in [0.25, 0.3) is 5.56 Å². The first-order chi connectivity index (χ1) is 20.0. The van der Waals surface area contributed by atoms with Crippen LogP contribution in [0.15, 0.2) is 22.2 Å². The van der Waals surface area contributed by atoms with Crippen molar-refractivity contribution in [1.82, 2.24) is 34.1 Å². The Bertz CT molecular complexity index is 1600. The lowest BCUT2D eigenvalue weighted by Crippen LogP contribution is -2.39. The number of rotatable bonds is 10. The van der Waals surface area contributed by atoms with E-state index in [0.29, 0.717) is 0 Å². The highest BCUT2D eigenvalue weighted by atomic mass is 31.2. The van der Waals surface area contributed by atoms with E-state index >= 15 is 0 Å². The number of hydrogen-bond acceptors (Lipinski definition) is 17. The number of aromatic nitrogens is 7. The van der Waals surface area contributed by atoms with E-state index in [1.807, 2.05) is 0 Å². The summed E-state index contributed by atoms with van der Waals surface area (Å²) in [6, 6.07) is 0. The maximum Gasteiger partial charge on any atom is 0.472 e. The lowest BCUT2D eigenvalue weighted by Gasteiger charge is -2.25. The minimum absolute atomic E-state index is 0.0406. The number of aliphatic hydroxyl groups is 2. The largest absolute Gasteiger partial charge is 0.472 e. The molecule has 230 valence electrons. The number of nitrogen functional groups attached to an aromatic ring is 2. The Morgan fingerprint density at radius 2 is 1.69 bits per heavy atom. The van der Waals surface area contributed by atoms with E-state index in [9.17, 15) is 29.3 Å². The molecule has 2 saturated heterocycles. The maximum absolute atomic E-state index is 13.0. The van der Waals surface area contributed by atoms with Gasteiger partial charge in [0.15, 0.2) is 23.6 Å². The smallest absolute Gasteiger partial charge is 0.394 e. The first-order valence-electron chi connectivity index (χ1n) is 12.2. The highest BCUT2D eigenvalue weighted by molar-refractivity contribution is 7.47. The number of phosphoric acid groups is 1. The maximum atomic E-state index is 13.0. The van der Waals surface area contributed by atoms with Crippen LogP contribution in [0.4, 0.5) is 11.9 Å². The number of aliphatic hydroxyl groups excluding tert-OH is 2. The van der Waals surface area contributed by atoms with Crippen molar-refractivity contribution >= 4 is 30.9 Å². The molecule has 2 fully saturated rings. The molecule has 5 unspecified atom stereocenters. The summed E-state index contributed by atoms with van der Waals surface area (Å²) in [7, 11) is -2.42. The highest BCUT2D eigenvalue weighted by Gasteiger charge is 2.51. The first-order valence-corrected chi connectivity index (χ1v) is 13.7. The Morgan fingerprint density at radius 1 is 1.02 bits per heavy atom. The van der Waals surface area contributed by atoms with Crippen LogP contribution in [0.1, 0.15) is 12.5 Å². The van der Waals surface area contributed by atoms with Crippen molar-refractivity contribution in [3.63, 3.8) is 0 Å². The molecule has 2 aliphatic rings. The van der Waals surface area contributed by atoms with Crippen molar-refractivity contribution in [3.05, 3.63) is 33.5 Å². The molecule has 0 bridgehead atoms. The van der Waals surface area contributed by atoms with Crippen LogP contribution in [0.2, 0.25) is 0 Å². The molecule has 0 spiro atoms. The molecular weight excluding hydrogens is 589 g/mol. The number of nitrogens with two attached hydrogens (primary N) is 2. The lowest BCUT2D eigenvalue weighted by molar-refractivity contribution is -0.0630. The standard InChI is InChI=1S/C20H28N9O12P/c1-36-12-10(31)8(40-16(12)28-5-23-9-14(28)25-19(22)26-15(9)32)4-38-42(34,35)41-11-7(3-30)39-17(13(11)37-2)29-6-24-18(21)27-20(29)33/h5-8,10-13,16-17,30-31H,3-4H2,1-2H3,(H,34,35)(H2,21,27,33)(H3,22,25,26,32)/t7-,8-,10?,11?,12?,13?,16-,17-/m1/s1. The molecule has 5 heterocycles. The molecule has 2 aliphatic heterocycles. The third-order valence-electron chi connectivity index (χ3n) is 6.72. The van der Waals surface area contributed by atoms with Crippen LogP contribution < -0.4 is 22.7 Å². The van der Waals surface area contributed by atoms with E-state index in [-0.39, 0.29) is 23.1 Å². The van der Waals surface area contributed by atoms with Gasteiger partial charge in [-0.15, -0.1) is 0 Å². The number of phosphoric ester groups is 1. The van der Waals surface area contributed by atoms with E-state index in [1.54, 1.807) is 0 Å². The van der Waals surface area contributed by atoms with Crippen LogP contribution in [0.3, 0.4) is 0 Å². The van der Waals surface area contributed by atoms with Crippen molar-refractivity contribution in [2.45, 2.75) is 49.1 Å². The van der Waals surface area contributed by atoms with Gasteiger partial charge >= 0.3 is 13.5 Å². The second kappa shape index (κ2) is 11.7. The summed E-state index contributed by atoms with van der Waals surface area (Å²) in [5.41, 5.74) is 9.64. The third-order valence-corrected chi connectivity index (χ3v) is 7.71. The number of aromatic amines is 1. The minimum Gasteiger partial charge on any atom is -0.394 e. The lowest BCUT2D eigenvalue weighted by atomic mass is 10.1. The zero-order chi connectivity index (χ0) is 30.3. The fourth-order valence-corrected chi connectivity index (χ4v) is 5.76. The molecule has 3 aromatic heterocycles. The van der Waals surface area contributed by atoms with Gasteiger partial charge in [0.05, 0.1) is 19.5 Å². The summed E-state index contributed by atoms with van der Waals surface area (Å²) in [6.45, 7) is -1.36. The molecule has 3 aromatic rings. The Balaban J connectivity index is 1.30. The van der Waals surface area contributed by atoms with Gasteiger partial charge < -0.3 is 45.5 Å². The number of ether oxygens (including phenoxy) is 4. The fourth-order valence-electron chi connectivity index (χ4n) is 4.80. The third kappa shape index (κ3) is 5.54. The Kier molecular flexibility index (Phi) is 8.40. The fraction of sp³-hybridized carbons (Fsp3) is 0.600. The van der Waals surface area contributed by atoms with Crippen molar-refractivity contribution in [3.8, 4) is 0 Å². The van der Waals surface area contributed by atoms with Gasteiger partial charge in [0, 0.05) is 14.2 Å². The minimum atomic E-state index is -4.95. The van der Waals surface area contributed by atoms with Gasteiger partial charge in [-0.3, -0.25) is 28.0 Å². The number of hydrogen-bond donors (Lipinski definition) is 6. The number of H-pyrrole nitrogens is 1. The number of nitrogens with zero attached hydrogens (tertiary/aromatic N) is 6. The molecule has 0 radical (unpaired) electrons. The molecule has 9 atom stereocenters. The number of imidazole rings is 1. The van der Waals surface area contributed by atoms with Crippen LogP contribution in [0.25, 0.3) is 11.2 Å². The monoisotopic (exact) mass is 617 g/mol. The molecule has 0 saturated carbocycles. The van der Waals surface area contributed by atoms with E-state index in [2.05, 4.69) is 24.9 Å². The first kappa shape index (κ1) is 30.1. The van der Waals surface area contributed by atoms with Gasteiger partial charge in [0.2, 0.25) is 11.9 Å². The van der Waals surface area contributed by atoms with Gasteiger partial charge in [-0.25, -0.2) is 19.3 Å². The highest BCUT2D eigenvalue weighted by Crippen LogP contribution is 2.49. The molecule has 22 heteroatoms. The van der Waals surface area contributed by atoms with Crippen LogP contribution in [-0.4, -0.2) is 113 Å². The van der Waals surface area contributed by atoms with Gasteiger partial charge in [-0.05, 0) is 0 Å². The molecule has 21 nitrogen and oxygen atoms in total. The zero-order valence-electron chi connectivity index (χ0n) is 22.0. The Labute approximate surface area is 234 Å². The van der Waals surface area contributed by atoms with E-state index in [4.69, 9.17) is 39.5 Å². The Morgan fingerprint density at radius 3 is 2.36 bits per heavy atom. The SMILES string of the molecule is COC1C(OP(=O)(O)OC[C@H]2O[C@@H](n3cnc4c(=O)[nH]c(N)nc43)C(OC)C2O)[C@@H](CO)O[C@H]1n1cnc(N)nc1=O. The molecule has 42 heavy (non-hydrogen) atoms. The summed E-state index contributed by atoms with van der Waals surface area (Å²) >= 11 is 0. The topological polar surface area (TPSA) is 297 Å². The average Bonchev–Trinajstić information content (AvgIpc) is 3.60. The predicted octanol–water partition coefficient (Wildman–Crippen LogP) is -3.38. The van der Waals surface area contributed by atoms with Crippen LogP contribution in [-0.2, 0) is 32.6 Å². The number of nitrogens with one attached hydrogen (secondary N) is 1. The van der Waals surface area contributed by atoms with Crippen LogP contribution in [0.5, 0.6) is 0 Å². The van der Waals surface area contributed by atoms with E-state index < -0.39 is 81.4 Å². The average molecular weight is 617 g/mol. The van der Waals surface area contributed by atoms with Crippen LogP contribution >= 0.6 is 7.82 Å². The molecule has 0 aliphatic carbocycles. The van der Waals surface area contributed by atoms with E-state index in [0.717, 1.165) is 10.9 Å². The molecule has 0 aromatic carbocycles. The van der Waals surface area contributed by atoms with Crippen molar-refractivity contribution in [1.29, 1.82) is 0 Å². The number of methoxy groups -OCH3 is 2. The quantitative estimate of drug-likeness (QED) is 0.121. The Hall–Kier alpha value is -3.37. The molecule has 5 rings (SSSR count). The van der Waals surface area contributed by atoms with Crippen molar-refractivity contribution in [2.24, 2.45) is 0 Å². The number of fused-ring (bicyclic) bond motifs is 1. The number of anilines is 2.